The number of nitrogens with zero attached hydrogens (tertiary/aromatic N) is 1. The average Bonchev–Trinajstić information content (AvgIpc) is 2.98. The highest BCUT2D eigenvalue weighted by Gasteiger charge is 2.69. The fourth-order valence-corrected chi connectivity index (χ4v) is 4.29. The maximum atomic E-state index is 12.0. The van der Waals surface area contributed by atoms with Crippen molar-refractivity contribution in [1.82, 2.24) is 0 Å². The van der Waals surface area contributed by atoms with Crippen LogP contribution in [0.4, 0.5) is 0 Å². The van der Waals surface area contributed by atoms with E-state index in [1.807, 2.05) is 37.3 Å². The second-order valence-corrected chi connectivity index (χ2v) is 7.22. The first-order chi connectivity index (χ1) is 8.36. The van der Waals surface area contributed by atoms with Gasteiger partial charge in [0.1, 0.15) is 10.8 Å². The Bertz CT molecular complexity index is 601. The highest BCUT2D eigenvalue weighted by molar-refractivity contribution is 7.92. The number of sulfone groups is 1. The van der Waals surface area contributed by atoms with Crippen LogP contribution in [0.25, 0.3) is 0 Å². The molecule has 0 aromatic heterocycles. The van der Waals surface area contributed by atoms with Gasteiger partial charge in [0.25, 0.3) is 0 Å². The van der Waals surface area contributed by atoms with Crippen molar-refractivity contribution in [3.05, 3.63) is 35.4 Å². The summed E-state index contributed by atoms with van der Waals surface area (Å²) in [4.78, 5) is 0. The summed E-state index contributed by atoms with van der Waals surface area (Å²) in [5.41, 5.74) is 6.57. The van der Waals surface area contributed by atoms with E-state index in [9.17, 15) is 8.42 Å². The molecule has 18 heavy (non-hydrogen) atoms. The third-order valence-electron chi connectivity index (χ3n) is 3.60. The van der Waals surface area contributed by atoms with Crippen LogP contribution in [-0.4, -0.2) is 25.0 Å². The van der Waals surface area contributed by atoms with Gasteiger partial charge in [0.15, 0.2) is 9.84 Å². The number of hydrogen-bond donors (Lipinski definition) is 1. The number of nitrogens with two attached hydrogens (primary N) is 1. The second kappa shape index (κ2) is 4.08. The molecule has 4 nitrogen and oxygen atoms in total. The first kappa shape index (κ1) is 13.1. The highest BCUT2D eigenvalue weighted by atomic mass is 32.2. The molecule has 1 saturated carbocycles. The van der Waals surface area contributed by atoms with Crippen LogP contribution in [0, 0.1) is 18.3 Å². The largest absolute Gasteiger partial charge is 0.312 e. The van der Waals surface area contributed by atoms with E-state index in [-0.39, 0.29) is 5.75 Å². The second-order valence-electron chi connectivity index (χ2n) is 4.81. The van der Waals surface area contributed by atoms with Gasteiger partial charge in [0, 0.05) is 11.7 Å². The van der Waals surface area contributed by atoms with E-state index >= 15 is 0 Å². The minimum atomic E-state index is -3.30. The molecule has 0 spiro atoms. The molecule has 1 aliphatic rings. The summed E-state index contributed by atoms with van der Waals surface area (Å²) >= 11 is 0. The topological polar surface area (TPSA) is 83.9 Å². The number of rotatable bonds is 3. The quantitative estimate of drug-likeness (QED) is 0.886. The summed E-state index contributed by atoms with van der Waals surface area (Å²) < 4.78 is 23.9. The standard InChI is InChI=1S/C13H16N2O2S/c1-3-18(16,17)12-11(13(12,15)8-14)10-6-4-9(2)5-7-10/h4-7,11-12H,3,15H2,1-2H3/t11-,12-,13-/m0/s1. The maximum absolute atomic E-state index is 12.0. The molecule has 0 heterocycles. The first-order valence-electron chi connectivity index (χ1n) is 5.85. The van der Waals surface area contributed by atoms with E-state index in [1.54, 1.807) is 6.92 Å². The molecule has 0 amide bonds. The smallest absolute Gasteiger partial charge is 0.156 e. The van der Waals surface area contributed by atoms with E-state index in [0.717, 1.165) is 11.1 Å². The minimum Gasteiger partial charge on any atom is -0.312 e. The van der Waals surface area contributed by atoms with Crippen molar-refractivity contribution in [3.8, 4) is 6.07 Å². The Kier molecular flexibility index (Phi) is 2.96. The van der Waals surface area contributed by atoms with Crippen molar-refractivity contribution < 1.29 is 8.42 Å². The molecule has 5 heteroatoms. The molecule has 1 aliphatic carbocycles. The van der Waals surface area contributed by atoms with E-state index in [1.165, 1.54) is 0 Å². The molecule has 1 fully saturated rings. The van der Waals surface area contributed by atoms with E-state index in [0.29, 0.717) is 0 Å². The Hall–Kier alpha value is -1.38. The molecule has 2 rings (SSSR count). The third-order valence-corrected chi connectivity index (χ3v) is 5.84. The summed E-state index contributed by atoms with van der Waals surface area (Å²) in [6.07, 6.45) is 0. The van der Waals surface area contributed by atoms with Gasteiger partial charge in [-0.25, -0.2) is 8.42 Å². The summed E-state index contributed by atoms with van der Waals surface area (Å²) in [6, 6.07) is 9.48. The van der Waals surface area contributed by atoms with Crippen LogP contribution in [0.15, 0.2) is 24.3 Å². The van der Waals surface area contributed by atoms with Gasteiger partial charge in [-0.2, -0.15) is 5.26 Å². The van der Waals surface area contributed by atoms with Crippen LogP contribution >= 0.6 is 0 Å². The number of nitriles is 1. The van der Waals surface area contributed by atoms with Crippen LogP contribution in [0.3, 0.4) is 0 Å². The molecule has 0 unspecified atom stereocenters. The monoisotopic (exact) mass is 264 g/mol. The van der Waals surface area contributed by atoms with E-state index in [4.69, 9.17) is 11.0 Å². The zero-order valence-corrected chi connectivity index (χ0v) is 11.2. The first-order valence-corrected chi connectivity index (χ1v) is 7.56. The summed E-state index contributed by atoms with van der Waals surface area (Å²) in [6.45, 7) is 3.54. The summed E-state index contributed by atoms with van der Waals surface area (Å²) in [5.74, 6) is -0.395. The van der Waals surface area contributed by atoms with Gasteiger partial charge in [-0.15, -0.1) is 0 Å². The van der Waals surface area contributed by atoms with Gasteiger partial charge in [-0.3, -0.25) is 0 Å². The Morgan fingerprint density at radius 2 is 1.94 bits per heavy atom. The Morgan fingerprint density at radius 1 is 1.39 bits per heavy atom. The summed E-state index contributed by atoms with van der Waals surface area (Å²) in [5, 5.41) is 8.37. The van der Waals surface area contributed by atoms with Crippen LogP contribution in [0.1, 0.15) is 24.0 Å². The molecule has 96 valence electrons. The SMILES string of the molecule is CCS(=O)(=O)[C@H]1[C@H](c2ccc(C)cc2)[C@@]1(N)C#N. The normalized spacial score (nSPS) is 30.8. The zero-order chi connectivity index (χ0) is 13.6. The van der Waals surface area contributed by atoms with Gasteiger partial charge in [0.05, 0.1) is 6.07 Å². The predicted molar refractivity (Wildman–Crippen MR) is 69.7 cm³/mol. The van der Waals surface area contributed by atoms with Crippen LogP contribution in [0.5, 0.6) is 0 Å². The van der Waals surface area contributed by atoms with Crippen LogP contribution < -0.4 is 5.73 Å². The van der Waals surface area contributed by atoms with Gasteiger partial charge >= 0.3 is 0 Å². The van der Waals surface area contributed by atoms with Crippen molar-refractivity contribution in [2.45, 2.75) is 30.6 Å². The van der Waals surface area contributed by atoms with E-state index < -0.39 is 26.5 Å². The fourth-order valence-electron chi connectivity index (χ4n) is 2.42. The maximum Gasteiger partial charge on any atom is 0.156 e. The van der Waals surface area contributed by atoms with E-state index in [2.05, 4.69) is 0 Å². The van der Waals surface area contributed by atoms with Gasteiger partial charge < -0.3 is 5.73 Å². The predicted octanol–water partition coefficient (Wildman–Crippen LogP) is 1.12. The van der Waals surface area contributed by atoms with Gasteiger partial charge in [-0.1, -0.05) is 36.8 Å². The highest BCUT2D eigenvalue weighted by Crippen LogP contribution is 2.53. The lowest BCUT2D eigenvalue weighted by Gasteiger charge is -2.01. The molecule has 1 aromatic carbocycles. The number of hydrogen-bond acceptors (Lipinski definition) is 4. The molecule has 3 atom stereocenters. The lowest BCUT2D eigenvalue weighted by molar-refractivity contribution is 0.593. The summed E-state index contributed by atoms with van der Waals surface area (Å²) in [7, 11) is -3.30. The number of aryl methyl sites for hydroxylation is 1. The Labute approximate surface area is 107 Å². The molecule has 1 aromatic rings. The Balaban J connectivity index is 2.41. The molecule has 2 N–H and O–H groups in total. The molecule has 0 saturated heterocycles. The lowest BCUT2D eigenvalue weighted by Crippen LogP contribution is -2.29. The minimum absolute atomic E-state index is 0.0145. The average molecular weight is 264 g/mol. The zero-order valence-electron chi connectivity index (χ0n) is 10.4. The fraction of sp³-hybridized carbons (Fsp3) is 0.462. The third kappa shape index (κ3) is 1.82. The van der Waals surface area contributed by atoms with Gasteiger partial charge in [-0.05, 0) is 12.5 Å². The molecular weight excluding hydrogens is 248 g/mol. The van der Waals surface area contributed by atoms with Crippen LogP contribution in [-0.2, 0) is 9.84 Å². The molecule has 0 bridgehead atoms. The molecule has 0 aliphatic heterocycles. The number of benzene rings is 1. The molecular formula is C13H16N2O2S. The van der Waals surface area contributed by atoms with Crippen molar-refractivity contribution in [2.75, 3.05) is 5.75 Å². The van der Waals surface area contributed by atoms with Gasteiger partial charge in [0.2, 0.25) is 0 Å². The van der Waals surface area contributed by atoms with Crippen molar-refractivity contribution in [1.29, 1.82) is 5.26 Å². The Morgan fingerprint density at radius 3 is 2.39 bits per heavy atom. The molecule has 0 radical (unpaired) electrons. The van der Waals surface area contributed by atoms with Crippen molar-refractivity contribution >= 4 is 9.84 Å². The van der Waals surface area contributed by atoms with Crippen molar-refractivity contribution in [3.63, 3.8) is 0 Å². The lowest BCUT2D eigenvalue weighted by atomic mass is 10.1. The van der Waals surface area contributed by atoms with Crippen molar-refractivity contribution in [2.24, 2.45) is 5.73 Å². The van der Waals surface area contributed by atoms with Crippen LogP contribution in [0.2, 0.25) is 0 Å².